The van der Waals surface area contributed by atoms with E-state index in [1.165, 1.54) is 0 Å². The van der Waals surface area contributed by atoms with Crippen molar-refractivity contribution < 1.29 is 9.84 Å². The summed E-state index contributed by atoms with van der Waals surface area (Å²) in [7, 11) is 0. The average Bonchev–Trinajstić information content (AvgIpc) is 2.39. The van der Waals surface area contributed by atoms with Crippen molar-refractivity contribution in [3.63, 3.8) is 0 Å². The molecule has 1 saturated heterocycles. The Labute approximate surface area is 108 Å². The molecule has 1 fully saturated rings. The van der Waals surface area contributed by atoms with Crippen molar-refractivity contribution in [2.75, 3.05) is 24.7 Å². The van der Waals surface area contributed by atoms with Crippen LogP contribution in [0.2, 0.25) is 0 Å². The summed E-state index contributed by atoms with van der Waals surface area (Å²) in [6, 6.07) is 8.50. The van der Waals surface area contributed by atoms with E-state index in [0.29, 0.717) is 19.2 Å². The van der Waals surface area contributed by atoms with Gasteiger partial charge in [0.05, 0.1) is 19.3 Å². The summed E-state index contributed by atoms with van der Waals surface area (Å²) < 4.78 is 5.57. The van der Waals surface area contributed by atoms with Gasteiger partial charge in [0, 0.05) is 24.3 Å². The van der Waals surface area contributed by atoms with Crippen molar-refractivity contribution in [3.8, 4) is 0 Å². The number of hydrogen-bond acceptors (Lipinski definition) is 4. The molecule has 0 aromatic heterocycles. The Morgan fingerprint density at radius 2 is 2.22 bits per heavy atom. The fourth-order valence-corrected chi connectivity index (χ4v) is 2.40. The molecule has 0 saturated carbocycles. The van der Waals surface area contributed by atoms with Gasteiger partial charge in [-0.3, -0.25) is 0 Å². The van der Waals surface area contributed by atoms with E-state index in [1.54, 1.807) is 0 Å². The van der Waals surface area contributed by atoms with Crippen LogP contribution in [0.1, 0.15) is 25.5 Å². The molecule has 1 aromatic carbocycles. The number of hydrogen-bond donors (Lipinski definition) is 2. The Morgan fingerprint density at radius 3 is 2.89 bits per heavy atom. The van der Waals surface area contributed by atoms with Crippen molar-refractivity contribution in [1.82, 2.24) is 0 Å². The lowest BCUT2D eigenvalue weighted by molar-refractivity contribution is -0.0103. The molecule has 1 aromatic rings. The van der Waals surface area contributed by atoms with Gasteiger partial charge in [0.1, 0.15) is 0 Å². The van der Waals surface area contributed by atoms with Crippen molar-refractivity contribution in [2.45, 2.75) is 32.0 Å². The summed E-state index contributed by atoms with van der Waals surface area (Å²) >= 11 is 0. The lowest BCUT2D eigenvalue weighted by Crippen LogP contribution is -2.50. The lowest BCUT2D eigenvalue weighted by atomic mass is 10.0. The smallest absolute Gasteiger partial charge is 0.0981 e. The minimum Gasteiger partial charge on any atom is -0.394 e. The van der Waals surface area contributed by atoms with Crippen LogP contribution < -0.4 is 10.6 Å². The summed E-state index contributed by atoms with van der Waals surface area (Å²) in [6.07, 6.45) is -0.109. The van der Waals surface area contributed by atoms with Crippen molar-refractivity contribution in [2.24, 2.45) is 5.73 Å². The van der Waals surface area contributed by atoms with Gasteiger partial charge in [-0.05, 0) is 25.5 Å². The van der Waals surface area contributed by atoms with Crippen LogP contribution in [0.4, 0.5) is 5.69 Å². The Bertz CT molecular complexity index is 395. The summed E-state index contributed by atoms with van der Waals surface area (Å²) in [5, 5.41) is 9.24. The molecule has 2 unspecified atom stereocenters. The lowest BCUT2D eigenvalue weighted by Gasteiger charge is -2.40. The summed E-state index contributed by atoms with van der Waals surface area (Å²) in [4.78, 5) is 2.28. The van der Waals surface area contributed by atoms with Crippen molar-refractivity contribution >= 4 is 5.69 Å². The largest absolute Gasteiger partial charge is 0.394 e. The number of aliphatic hydroxyl groups excluding tert-OH is 1. The predicted octanol–water partition coefficient (Wildman–Crippen LogP) is 1.29. The average molecular weight is 250 g/mol. The first kappa shape index (κ1) is 13.3. The van der Waals surface area contributed by atoms with E-state index < -0.39 is 0 Å². The minimum absolute atomic E-state index is 0.00354. The van der Waals surface area contributed by atoms with Crippen molar-refractivity contribution in [3.05, 3.63) is 29.8 Å². The quantitative estimate of drug-likeness (QED) is 0.849. The third-order valence-electron chi connectivity index (χ3n) is 3.45. The van der Waals surface area contributed by atoms with Gasteiger partial charge >= 0.3 is 0 Å². The zero-order valence-electron chi connectivity index (χ0n) is 11.0. The highest BCUT2D eigenvalue weighted by atomic mass is 16.5. The van der Waals surface area contributed by atoms with E-state index in [1.807, 2.05) is 19.1 Å². The Balaban J connectivity index is 2.28. The monoisotopic (exact) mass is 250 g/mol. The Hall–Kier alpha value is -1.10. The molecule has 100 valence electrons. The number of benzene rings is 1. The van der Waals surface area contributed by atoms with Crippen LogP contribution in [-0.2, 0) is 4.74 Å². The van der Waals surface area contributed by atoms with Crippen LogP contribution >= 0.6 is 0 Å². The molecule has 0 aliphatic carbocycles. The number of nitrogens with two attached hydrogens (primary N) is 1. The number of nitrogens with zero attached hydrogens (tertiary/aromatic N) is 1. The molecule has 2 rings (SSSR count). The number of rotatable bonds is 3. The zero-order chi connectivity index (χ0) is 13.1. The molecule has 0 radical (unpaired) electrons. The maximum Gasteiger partial charge on any atom is 0.0981 e. The van der Waals surface area contributed by atoms with E-state index >= 15 is 0 Å². The molecule has 0 spiro atoms. The van der Waals surface area contributed by atoms with Gasteiger partial charge in [0.15, 0.2) is 0 Å². The van der Waals surface area contributed by atoms with Gasteiger partial charge in [0.25, 0.3) is 0 Å². The minimum atomic E-state index is -0.109. The molecule has 4 nitrogen and oxygen atoms in total. The number of ether oxygens (including phenoxy) is 1. The molecule has 4 heteroatoms. The van der Waals surface area contributed by atoms with E-state index in [4.69, 9.17) is 10.5 Å². The SMILES string of the molecule is CC1COC(CO)CN1c1ccccc1[C@@H](C)N. The summed E-state index contributed by atoms with van der Waals surface area (Å²) in [6.45, 7) is 5.53. The zero-order valence-corrected chi connectivity index (χ0v) is 11.0. The molecule has 0 bridgehead atoms. The third-order valence-corrected chi connectivity index (χ3v) is 3.45. The molecular formula is C14H22N2O2. The maximum atomic E-state index is 9.24. The standard InChI is InChI=1S/C14H22N2O2/c1-10-9-18-12(8-17)7-16(10)14-6-4-3-5-13(14)11(2)15/h3-6,10-12,17H,7-9,15H2,1-2H3/t10?,11-,12?/m1/s1. The van der Waals surface area contributed by atoms with Gasteiger partial charge in [-0.25, -0.2) is 0 Å². The number of aliphatic hydroxyl groups is 1. The third kappa shape index (κ3) is 2.66. The molecule has 3 atom stereocenters. The van der Waals surface area contributed by atoms with Gasteiger partial charge in [-0.15, -0.1) is 0 Å². The topological polar surface area (TPSA) is 58.7 Å². The van der Waals surface area contributed by atoms with Gasteiger partial charge in [-0.1, -0.05) is 18.2 Å². The molecule has 1 aliphatic rings. The molecule has 18 heavy (non-hydrogen) atoms. The Kier molecular flexibility index (Phi) is 4.22. The second kappa shape index (κ2) is 5.69. The second-order valence-corrected chi connectivity index (χ2v) is 4.99. The fraction of sp³-hybridized carbons (Fsp3) is 0.571. The fourth-order valence-electron chi connectivity index (χ4n) is 2.40. The van der Waals surface area contributed by atoms with Crippen molar-refractivity contribution in [1.29, 1.82) is 0 Å². The maximum absolute atomic E-state index is 9.24. The van der Waals surface area contributed by atoms with Crippen LogP contribution in [0.15, 0.2) is 24.3 Å². The molecular weight excluding hydrogens is 228 g/mol. The highest BCUT2D eigenvalue weighted by Gasteiger charge is 2.27. The highest BCUT2D eigenvalue weighted by molar-refractivity contribution is 5.56. The first-order chi connectivity index (χ1) is 8.63. The summed E-state index contributed by atoms with van der Waals surface area (Å²) in [5.74, 6) is 0. The van der Waals surface area contributed by atoms with E-state index in [2.05, 4.69) is 24.0 Å². The van der Waals surface area contributed by atoms with Crippen LogP contribution in [0.3, 0.4) is 0 Å². The molecule has 0 amide bonds. The van der Waals surface area contributed by atoms with E-state index in [9.17, 15) is 5.11 Å². The summed E-state index contributed by atoms with van der Waals surface area (Å²) in [5.41, 5.74) is 8.32. The van der Waals surface area contributed by atoms with E-state index in [0.717, 1.165) is 11.3 Å². The molecule has 3 N–H and O–H groups in total. The van der Waals surface area contributed by atoms with Gasteiger partial charge in [-0.2, -0.15) is 0 Å². The molecule has 1 aliphatic heterocycles. The number of anilines is 1. The van der Waals surface area contributed by atoms with E-state index in [-0.39, 0.29) is 18.8 Å². The highest BCUT2D eigenvalue weighted by Crippen LogP contribution is 2.28. The normalized spacial score (nSPS) is 26.1. The first-order valence-corrected chi connectivity index (χ1v) is 6.47. The van der Waals surface area contributed by atoms with Gasteiger partial charge < -0.3 is 20.5 Å². The van der Waals surface area contributed by atoms with Crippen LogP contribution in [-0.4, -0.2) is 37.0 Å². The Morgan fingerprint density at radius 1 is 1.50 bits per heavy atom. The predicted molar refractivity (Wildman–Crippen MR) is 72.7 cm³/mol. The van der Waals surface area contributed by atoms with Gasteiger partial charge in [0.2, 0.25) is 0 Å². The first-order valence-electron chi connectivity index (χ1n) is 6.47. The number of morpholine rings is 1. The number of para-hydroxylation sites is 1. The second-order valence-electron chi connectivity index (χ2n) is 4.99. The van der Waals surface area contributed by atoms with Crippen LogP contribution in [0.25, 0.3) is 0 Å². The van der Waals surface area contributed by atoms with Crippen LogP contribution in [0, 0.1) is 0 Å². The van der Waals surface area contributed by atoms with Crippen LogP contribution in [0.5, 0.6) is 0 Å². The molecule has 1 heterocycles.